The number of benzene rings is 1. The second-order valence-electron chi connectivity index (χ2n) is 5.82. The zero-order chi connectivity index (χ0) is 15.0. The van der Waals surface area contributed by atoms with Crippen LogP contribution in [0.5, 0.6) is 11.6 Å². The first-order valence-electron chi connectivity index (χ1n) is 6.62. The molecule has 0 N–H and O–H groups in total. The minimum absolute atomic E-state index is 0.0698. The lowest BCUT2D eigenvalue weighted by Gasteiger charge is -2.19. The molecule has 2 heterocycles. The zero-order valence-corrected chi connectivity index (χ0v) is 13.6. The molecule has 108 valence electrons. The second-order valence-corrected chi connectivity index (χ2v) is 7.05. The molecule has 0 saturated carbocycles. The van der Waals surface area contributed by atoms with Gasteiger partial charge in [-0.25, -0.2) is 4.98 Å². The van der Waals surface area contributed by atoms with Crippen molar-refractivity contribution in [1.29, 1.82) is 0 Å². The molecule has 2 aromatic heterocycles. The predicted molar refractivity (Wildman–Crippen MR) is 87.6 cm³/mol. The molecule has 5 heteroatoms. The van der Waals surface area contributed by atoms with Gasteiger partial charge in [0.15, 0.2) is 0 Å². The van der Waals surface area contributed by atoms with Crippen molar-refractivity contribution >= 4 is 33.2 Å². The average molecular weight is 319 g/mol. The Morgan fingerprint density at radius 2 is 1.95 bits per heavy atom. The van der Waals surface area contributed by atoms with Gasteiger partial charge < -0.3 is 4.74 Å². The van der Waals surface area contributed by atoms with Crippen LogP contribution in [0.4, 0.5) is 0 Å². The molecule has 0 aliphatic carbocycles. The summed E-state index contributed by atoms with van der Waals surface area (Å²) in [5, 5.41) is 3.03. The Labute approximate surface area is 132 Å². The van der Waals surface area contributed by atoms with E-state index in [1.165, 1.54) is 16.9 Å². The molecule has 3 nitrogen and oxygen atoms in total. The number of nitrogens with zero attached hydrogens (tertiary/aromatic N) is 2. The number of aromatic nitrogens is 2. The van der Waals surface area contributed by atoms with Gasteiger partial charge in [0.1, 0.15) is 10.6 Å². The van der Waals surface area contributed by atoms with Crippen LogP contribution in [-0.2, 0) is 5.41 Å². The number of fused-ring (bicyclic) bond motifs is 1. The topological polar surface area (TPSA) is 35.0 Å². The monoisotopic (exact) mass is 318 g/mol. The van der Waals surface area contributed by atoms with Crippen molar-refractivity contribution in [2.75, 3.05) is 0 Å². The van der Waals surface area contributed by atoms with Crippen molar-refractivity contribution in [3.05, 3.63) is 46.6 Å². The summed E-state index contributed by atoms with van der Waals surface area (Å²) in [7, 11) is 0. The summed E-state index contributed by atoms with van der Waals surface area (Å²) in [5.74, 6) is 1.25. The molecule has 0 amide bonds. The van der Waals surface area contributed by atoms with E-state index >= 15 is 0 Å². The van der Waals surface area contributed by atoms with E-state index in [9.17, 15) is 0 Å². The van der Waals surface area contributed by atoms with E-state index in [1.54, 1.807) is 0 Å². The van der Waals surface area contributed by atoms with Crippen molar-refractivity contribution in [1.82, 2.24) is 9.97 Å². The van der Waals surface area contributed by atoms with Crippen molar-refractivity contribution in [3.8, 4) is 11.6 Å². The third-order valence-electron chi connectivity index (χ3n) is 3.18. The minimum atomic E-state index is 0.0698. The highest BCUT2D eigenvalue weighted by Crippen LogP contribution is 2.33. The van der Waals surface area contributed by atoms with Crippen LogP contribution in [0, 0.1) is 0 Å². The lowest BCUT2D eigenvalue weighted by molar-refractivity contribution is 0.465. The number of thiophene rings is 1. The fraction of sp³-hybridized carbons (Fsp3) is 0.250. The van der Waals surface area contributed by atoms with Gasteiger partial charge in [0.25, 0.3) is 0 Å². The normalized spacial score (nSPS) is 11.8. The summed E-state index contributed by atoms with van der Waals surface area (Å²) in [5.41, 5.74) is 1.28. The van der Waals surface area contributed by atoms with E-state index < -0.39 is 0 Å². The smallest absolute Gasteiger partial charge is 0.232 e. The number of hydrogen-bond acceptors (Lipinski definition) is 4. The summed E-state index contributed by atoms with van der Waals surface area (Å²) in [6, 6.07) is 9.99. The molecule has 0 aliphatic rings. The van der Waals surface area contributed by atoms with Crippen LogP contribution in [0.1, 0.15) is 26.3 Å². The van der Waals surface area contributed by atoms with Crippen LogP contribution in [-0.4, -0.2) is 9.97 Å². The van der Waals surface area contributed by atoms with Crippen LogP contribution in [0.25, 0.3) is 10.2 Å². The van der Waals surface area contributed by atoms with Crippen LogP contribution in [0.15, 0.2) is 35.7 Å². The minimum Gasteiger partial charge on any atom is -0.438 e. The van der Waals surface area contributed by atoms with Crippen molar-refractivity contribution < 1.29 is 4.74 Å². The van der Waals surface area contributed by atoms with Crippen LogP contribution >= 0.6 is 22.9 Å². The molecule has 0 bridgehead atoms. The fourth-order valence-electron chi connectivity index (χ4n) is 2.02. The van der Waals surface area contributed by atoms with E-state index in [4.69, 9.17) is 16.3 Å². The molecule has 0 fully saturated rings. The van der Waals surface area contributed by atoms with Gasteiger partial charge in [-0.1, -0.05) is 32.9 Å². The first-order valence-corrected chi connectivity index (χ1v) is 7.88. The van der Waals surface area contributed by atoms with Gasteiger partial charge in [-0.15, -0.1) is 11.3 Å². The van der Waals surface area contributed by atoms with E-state index in [1.807, 2.05) is 29.6 Å². The molecule has 3 aromatic rings. The number of halogens is 1. The first-order chi connectivity index (χ1) is 9.93. The molecule has 0 unspecified atom stereocenters. The van der Waals surface area contributed by atoms with Crippen LogP contribution < -0.4 is 4.74 Å². The lowest BCUT2D eigenvalue weighted by Crippen LogP contribution is -2.10. The average Bonchev–Trinajstić information content (AvgIpc) is 2.86. The first kappa shape index (κ1) is 14.3. The molecular formula is C16H15ClN2OS. The highest BCUT2D eigenvalue weighted by atomic mass is 35.5. The Morgan fingerprint density at radius 3 is 2.71 bits per heavy atom. The van der Waals surface area contributed by atoms with Crippen molar-refractivity contribution in [2.24, 2.45) is 0 Å². The maximum absolute atomic E-state index is 5.96. The summed E-state index contributed by atoms with van der Waals surface area (Å²) in [6.07, 6.45) is 0. The second kappa shape index (κ2) is 5.28. The number of ether oxygens (including phenoxy) is 1. The molecular weight excluding hydrogens is 304 g/mol. The molecule has 0 spiro atoms. The zero-order valence-electron chi connectivity index (χ0n) is 12.1. The van der Waals surface area contributed by atoms with Gasteiger partial charge in [-0.2, -0.15) is 4.98 Å². The van der Waals surface area contributed by atoms with Gasteiger partial charge in [0.05, 0.1) is 5.39 Å². The van der Waals surface area contributed by atoms with Gasteiger partial charge in [0, 0.05) is 0 Å². The maximum atomic E-state index is 5.96. The van der Waals surface area contributed by atoms with Gasteiger partial charge in [-0.05, 0) is 46.2 Å². The summed E-state index contributed by atoms with van der Waals surface area (Å²) >= 11 is 7.47. The highest BCUT2D eigenvalue weighted by Gasteiger charge is 2.15. The SMILES string of the molecule is CC(C)(C)c1cccc(Oc2nc(Cl)nc3sccc23)c1. The Balaban J connectivity index is 2.01. The standard InChI is InChI=1S/C16H15ClN2OS/c1-16(2,3)10-5-4-6-11(9-10)20-13-12-7-8-21-14(12)19-15(17)18-13/h4-9H,1-3H3. The number of hydrogen-bond donors (Lipinski definition) is 0. The third-order valence-corrected chi connectivity index (χ3v) is 4.15. The molecule has 0 radical (unpaired) electrons. The highest BCUT2D eigenvalue weighted by molar-refractivity contribution is 7.16. The molecule has 0 atom stereocenters. The van der Waals surface area contributed by atoms with Gasteiger partial charge >= 0.3 is 0 Å². The Morgan fingerprint density at radius 1 is 1.14 bits per heavy atom. The van der Waals surface area contributed by atoms with E-state index in [-0.39, 0.29) is 10.7 Å². The van der Waals surface area contributed by atoms with Crippen LogP contribution in [0.2, 0.25) is 5.28 Å². The van der Waals surface area contributed by atoms with Crippen molar-refractivity contribution in [3.63, 3.8) is 0 Å². The summed E-state index contributed by atoms with van der Waals surface area (Å²) in [6.45, 7) is 6.51. The molecule has 0 aliphatic heterocycles. The molecule has 1 aromatic carbocycles. The van der Waals surface area contributed by atoms with Gasteiger partial charge in [0.2, 0.25) is 11.2 Å². The fourth-order valence-corrected chi connectivity index (χ4v) is 2.98. The molecule has 21 heavy (non-hydrogen) atoms. The summed E-state index contributed by atoms with van der Waals surface area (Å²) < 4.78 is 5.94. The Bertz CT molecular complexity index is 792. The van der Waals surface area contributed by atoms with Crippen LogP contribution in [0.3, 0.4) is 0 Å². The molecule has 3 rings (SSSR count). The van der Waals surface area contributed by atoms with E-state index in [2.05, 4.69) is 36.8 Å². The number of rotatable bonds is 2. The Kier molecular flexibility index (Phi) is 3.59. The third kappa shape index (κ3) is 3.01. The largest absolute Gasteiger partial charge is 0.438 e. The Hall–Kier alpha value is -1.65. The van der Waals surface area contributed by atoms with E-state index in [0.717, 1.165) is 16.0 Å². The maximum Gasteiger partial charge on any atom is 0.232 e. The van der Waals surface area contributed by atoms with Gasteiger partial charge in [-0.3, -0.25) is 0 Å². The molecule has 0 saturated heterocycles. The predicted octanol–water partition coefficient (Wildman–Crippen LogP) is 5.43. The summed E-state index contributed by atoms with van der Waals surface area (Å²) in [4.78, 5) is 9.22. The lowest BCUT2D eigenvalue weighted by atomic mass is 9.87. The van der Waals surface area contributed by atoms with E-state index in [0.29, 0.717) is 5.88 Å². The quantitative estimate of drug-likeness (QED) is 0.590. The van der Waals surface area contributed by atoms with Crippen molar-refractivity contribution in [2.45, 2.75) is 26.2 Å².